The predicted molar refractivity (Wildman–Crippen MR) is 99.1 cm³/mol. The van der Waals surface area contributed by atoms with Gasteiger partial charge in [-0.2, -0.15) is 0 Å². The smallest absolute Gasteiger partial charge is 0.333 e. The highest BCUT2D eigenvalue weighted by Gasteiger charge is 2.12. The highest BCUT2D eigenvalue weighted by Crippen LogP contribution is 2.12. The van der Waals surface area contributed by atoms with Crippen LogP contribution in [-0.4, -0.2) is 36.4 Å². The number of aliphatic hydroxyl groups excluding tert-OH is 1. The first-order valence-electron chi connectivity index (χ1n) is 9.50. The summed E-state index contributed by atoms with van der Waals surface area (Å²) in [5, 5.41) is 9.66. The first-order valence-corrected chi connectivity index (χ1v) is 9.50. The van der Waals surface area contributed by atoms with Gasteiger partial charge in [0.15, 0.2) is 0 Å². The zero-order valence-corrected chi connectivity index (χ0v) is 16.4. The fraction of sp³-hybridized carbons (Fsp3) is 0.800. The third kappa shape index (κ3) is 14.7. The van der Waals surface area contributed by atoms with Crippen LogP contribution in [0.2, 0.25) is 0 Å². The number of ether oxygens (including phenoxy) is 2. The number of aliphatic hydroxyl groups is 1. The van der Waals surface area contributed by atoms with Gasteiger partial charge >= 0.3 is 11.9 Å². The van der Waals surface area contributed by atoms with E-state index in [0.29, 0.717) is 12.0 Å². The molecule has 1 N–H and O–H groups in total. The summed E-state index contributed by atoms with van der Waals surface area (Å²) in [6.45, 7) is 7.55. The largest absolute Gasteiger partial charge is 0.463 e. The van der Waals surface area contributed by atoms with Crippen LogP contribution in [0, 0.1) is 5.92 Å². The van der Waals surface area contributed by atoms with Crippen molar-refractivity contribution < 1.29 is 24.2 Å². The van der Waals surface area contributed by atoms with Gasteiger partial charge in [-0.15, -0.1) is 0 Å². The Kier molecular flexibility index (Phi) is 14.1. The molecule has 146 valence electrons. The fourth-order valence-corrected chi connectivity index (χ4v) is 2.24. The van der Waals surface area contributed by atoms with E-state index in [0.717, 1.165) is 25.2 Å². The first kappa shape index (κ1) is 23.6. The van der Waals surface area contributed by atoms with Crippen molar-refractivity contribution in [3.05, 3.63) is 11.6 Å². The minimum absolute atomic E-state index is 0.143. The normalized spacial score (nSPS) is 13.0. The molecule has 5 heteroatoms. The number of esters is 2. The number of unbranched alkanes of at least 4 members (excludes halogenated alkanes) is 5. The van der Waals surface area contributed by atoms with E-state index in [1.54, 1.807) is 19.9 Å². The molecule has 0 spiro atoms. The molecule has 0 aromatic heterocycles. The zero-order valence-electron chi connectivity index (χ0n) is 16.4. The quantitative estimate of drug-likeness (QED) is 0.287. The van der Waals surface area contributed by atoms with Gasteiger partial charge in [0, 0.05) is 12.0 Å². The SMILES string of the molecule is CC=C(C)C(=O)OCC(O)COC(=O)CCCCCCCCC(C)C. The van der Waals surface area contributed by atoms with Gasteiger partial charge in [-0.05, 0) is 26.2 Å². The van der Waals surface area contributed by atoms with E-state index in [-0.39, 0.29) is 19.2 Å². The number of carbonyl (C=O) groups excluding carboxylic acids is 2. The molecule has 0 fully saturated rings. The summed E-state index contributed by atoms with van der Waals surface area (Å²) in [7, 11) is 0. The fourth-order valence-electron chi connectivity index (χ4n) is 2.24. The van der Waals surface area contributed by atoms with E-state index in [2.05, 4.69) is 13.8 Å². The zero-order chi connectivity index (χ0) is 19.1. The Morgan fingerprint density at radius 3 is 2.12 bits per heavy atom. The summed E-state index contributed by atoms with van der Waals surface area (Å²) in [4.78, 5) is 23.0. The molecule has 0 heterocycles. The Hall–Kier alpha value is -1.36. The van der Waals surface area contributed by atoms with E-state index in [1.807, 2.05) is 0 Å². The van der Waals surface area contributed by atoms with Crippen LogP contribution in [0.1, 0.15) is 79.1 Å². The van der Waals surface area contributed by atoms with Gasteiger partial charge < -0.3 is 14.6 Å². The third-order valence-electron chi connectivity index (χ3n) is 4.01. The second-order valence-corrected chi connectivity index (χ2v) is 6.96. The van der Waals surface area contributed by atoms with E-state index < -0.39 is 12.1 Å². The van der Waals surface area contributed by atoms with Crippen molar-refractivity contribution in [2.45, 2.75) is 85.2 Å². The maximum absolute atomic E-state index is 11.6. The van der Waals surface area contributed by atoms with Gasteiger partial charge in [0.25, 0.3) is 0 Å². The van der Waals surface area contributed by atoms with Crippen molar-refractivity contribution in [3.63, 3.8) is 0 Å². The Labute approximate surface area is 152 Å². The summed E-state index contributed by atoms with van der Waals surface area (Å²) in [6.07, 6.45) is 9.07. The molecule has 1 atom stereocenters. The molecule has 0 aliphatic carbocycles. The van der Waals surface area contributed by atoms with Crippen molar-refractivity contribution in [2.24, 2.45) is 5.92 Å². The van der Waals surface area contributed by atoms with Crippen molar-refractivity contribution in [1.82, 2.24) is 0 Å². The lowest BCUT2D eigenvalue weighted by Gasteiger charge is -2.12. The summed E-state index contributed by atoms with van der Waals surface area (Å²) in [5.74, 6) is -0.00290. The van der Waals surface area contributed by atoms with Crippen molar-refractivity contribution >= 4 is 11.9 Å². The molecule has 0 aliphatic heterocycles. The van der Waals surface area contributed by atoms with E-state index in [4.69, 9.17) is 9.47 Å². The second kappa shape index (κ2) is 14.9. The van der Waals surface area contributed by atoms with Gasteiger partial charge in [-0.3, -0.25) is 4.79 Å². The molecule has 25 heavy (non-hydrogen) atoms. The van der Waals surface area contributed by atoms with Crippen LogP contribution >= 0.6 is 0 Å². The van der Waals surface area contributed by atoms with Gasteiger partial charge in [0.2, 0.25) is 0 Å². The topological polar surface area (TPSA) is 72.8 Å². The van der Waals surface area contributed by atoms with Crippen LogP contribution in [0.15, 0.2) is 11.6 Å². The molecule has 0 bridgehead atoms. The van der Waals surface area contributed by atoms with Crippen molar-refractivity contribution in [3.8, 4) is 0 Å². The predicted octanol–water partition coefficient (Wildman–Crippen LogP) is 4.18. The molecular weight excluding hydrogens is 320 g/mol. The summed E-state index contributed by atoms with van der Waals surface area (Å²) >= 11 is 0. The Balaban J connectivity index is 3.56. The molecule has 0 aromatic carbocycles. The lowest BCUT2D eigenvalue weighted by atomic mass is 10.0. The van der Waals surface area contributed by atoms with Gasteiger partial charge in [-0.1, -0.05) is 58.4 Å². The van der Waals surface area contributed by atoms with Crippen LogP contribution < -0.4 is 0 Å². The van der Waals surface area contributed by atoms with Crippen molar-refractivity contribution in [1.29, 1.82) is 0 Å². The summed E-state index contributed by atoms with van der Waals surface area (Å²) in [5.41, 5.74) is 0.480. The molecule has 5 nitrogen and oxygen atoms in total. The summed E-state index contributed by atoms with van der Waals surface area (Å²) < 4.78 is 9.90. The maximum Gasteiger partial charge on any atom is 0.333 e. The monoisotopic (exact) mass is 356 g/mol. The van der Waals surface area contributed by atoms with Crippen LogP contribution in [0.5, 0.6) is 0 Å². The molecule has 0 amide bonds. The molecule has 0 aromatic rings. The molecule has 0 aliphatic rings. The third-order valence-corrected chi connectivity index (χ3v) is 4.01. The average Bonchev–Trinajstić information content (AvgIpc) is 2.58. The van der Waals surface area contributed by atoms with Crippen molar-refractivity contribution in [2.75, 3.05) is 13.2 Å². The van der Waals surface area contributed by atoms with E-state index >= 15 is 0 Å². The Bertz CT molecular complexity index is 401. The average molecular weight is 357 g/mol. The standard InChI is InChI=1S/C20H36O5/c1-5-17(4)20(23)25-15-18(21)14-24-19(22)13-11-9-7-6-8-10-12-16(2)3/h5,16,18,21H,6-15H2,1-4H3. The van der Waals surface area contributed by atoms with Gasteiger partial charge in [-0.25, -0.2) is 4.79 Å². The highest BCUT2D eigenvalue weighted by molar-refractivity contribution is 5.87. The Morgan fingerprint density at radius 1 is 0.960 bits per heavy atom. The van der Waals surface area contributed by atoms with Gasteiger partial charge in [0.05, 0.1) is 0 Å². The summed E-state index contributed by atoms with van der Waals surface area (Å²) in [6, 6.07) is 0. The minimum Gasteiger partial charge on any atom is -0.463 e. The number of rotatable bonds is 14. The molecule has 1 unspecified atom stereocenters. The number of allylic oxidation sites excluding steroid dienone is 1. The van der Waals surface area contributed by atoms with Gasteiger partial charge in [0.1, 0.15) is 19.3 Å². The highest BCUT2D eigenvalue weighted by atomic mass is 16.6. The lowest BCUT2D eigenvalue weighted by Crippen LogP contribution is -2.25. The molecule has 0 rings (SSSR count). The minimum atomic E-state index is -0.987. The van der Waals surface area contributed by atoms with E-state index in [9.17, 15) is 14.7 Å². The molecule has 0 saturated carbocycles. The van der Waals surface area contributed by atoms with E-state index in [1.165, 1.54) is 25.7 Å². The molecule has 0 saturated heterocycles. The second-order valence-electron chi connectivity index (χ2n) is 6.96. The van der Waals surface area contributed by atoms with Crippen LogP contribution in [0.3, 0.4) is 0 Å². The first-order chi connectivity index (χ1) is 11.9. The molecule has 0 radical (unpaired) electrons. The van der Waals surface area contributed by atoms with Crippen LogP contribution in [0.4, 0.5) is 0 Å². The number of carbonyl (C=O) groups is 2. The number of hydrogen-bond acceptors (Lipinski definition) is 5. The van der Waals surface area contributed by atoms with Crippen LogP contribution in [-0.2, 0) is 19.1 Å². The maximum atomic E-state index is 11.6. The van der Waals surface area contributed by atoms with Crippen LogP contribution in [0.25, 0.3) is 0 Å². The lowest BCUT2D eigenvalue weighted by molar-refractivity contribution is -0.150. The number of hydrogen-bond donors (Lipinski definition) is 1. The Morgan fingerprint density at radius 2 is 1.52 bits per heavy atom. The molecular formula is C20H36O5.